The highest BCUT2D eigenvalue weighted by atomic mass is 35.5. The van der Waals surface area contributed by atoms with Gasteiger partial charge in [-0.1, -0.05) is 23.7 Å². The molecule has 0 N–H and O–H groups in total. The lowest BCUT2D eigenvalue weighted by Crippen LogP contribution is -1.89. The lowest BCUT2D eigenvalue weighted by atomic mass is 10.0. The maximum Gasteiger partial charge on any atom is 0.150 e. The van der Waals surface area contributed by atoms with Gasteiger partial charge in [-0.25, -0.2) is 8.78 Å². The molecule has 2 aromatic carbocycles. The molecule has 0 aliphatic carbocycles. The largest absolute Gasteiger partial charge is 0.298 e. The minimum Gasteiger partial charge on any atom is -0.298 e. The van der Waals surface area contributed by atoms with Crippen molar-refractivity contribution in [2.24, 2.45) is 0 Å². The van der Waals surface area contributed by atoms with Crippen molar-refractivity contribution in [1.29, 1.82) is 0 Å². The summed E-state index contributed by atoms with van der Waals surface area (Å²) in [7, 11) is 0. The third-order valence-electron chi connectivity index (χ3n) is 2.35. The van der Waals surface area contributed by atoms with Crippen LogP contribution in [0.15, 0.2) is 36.4 Å². The van der Waals surface area contributed by atoms with E-state index in [9.17, 15) is 13.6 Å². The van der Waals surface area contributed by atoms with Gasteiger partial charge in [0.1, 0.15) is 17.9 Å². The Hall–Kier alpha value is -1.74. The van der Waals surface area contributed by atoms with E-state index in [4.69, 9.17) is 11.6 Å². The fourth-order valence-corrected chi connectivity index (χ4v) is 1.82. The van der Waals surface area contributed by atoms with Crippen molar-refractivity contribution >= 4 is 17.9 Å². The summed E-state index contributed by atoms with van der Waals surface area (Å²) >= 11 is 5.94. The average molecular weight is 253 g/mol. The third-order valence-corrected chi connectivity index (χ3v) is 2.66. The standard InChI is InChI=1S/C13H7ClF2O/c14-12-5-8(7-17)1-3-10(12)11-4-2-9(15)6-13(11)16/h1-7H. The number of rotatable bonds is 2. The second-order valence-electron chi connectivity index (χ2n) is 3.48. The molecule has 2 rings (SSSR count). The molecule has 0 bridgehead atoms. The molecule has 1 nitrogen and oxygen atoms in total. The Labute approximate surface area is 102 Å². The Morgan fingerprint density at radius 3 is 2.29 bits per heavy atom. The van der Waals surface area contributed by atoms with Crippen LogP contribution in [-0.4, -0.2) is 6.29 Å². The van der Waals surface area contributed by atoms with Gasteiger partial charge in [0.2, 0.25) is 0 Å². The Morgan fingerprint density at radius 1 is 1.00 bits per heavy atom. The molecule has 0 fully saturated rings. The van der Waals surface area contributed by atoms with Gasteiger partial charge in [-0.3, -0.25) is 4.79 Å². The highest BCUT2D eigenvalue weighted by molar-refractivity contribution is 6.33. The first-order valence-electron chi connectivity index (χ1n) is 4.82. The second kappa shape index (κ2) is 4.63. The number of hydrogen-bond donors (Lipinski definition) is 0. The Morgan fingerprint density at radius 2 is 1.71 bits per heavy atom. The summed E-state index contributed by atoms with van der Waals surface area (Å²) in [6.45, 7) is 0. The molecule has 0 aromatic heterocycles. The van der Waals surface area contributed by atoms with Gasteiger partial charge in [-0.2, -0.15) is 0 Å². The van der Waals surface area contributed by atoms with E-state index in [1.54, 1.807) is 0 Å². The Kier molecular flexibility index (Phi) is 3.20. The van der Waals surface area contributed by atoms with Crippen molar-refractivity contribution in [2.75, 3.05) is 0 Å². The first-order valence-corrected chi connectivity index (χ1v) is 5.20. The minimum atomic E-state index is -0.689. The van der Waals surface area contributed by atoms with E-state index in [2.05, 4.69) is 0 Å². The molecule has 0 saturated carbocycles. The van der Waals surface area contributed by atoms with Crippen molar-refractivity contribution in [3.8, 4) is 11.1 Å². The van der Waals surface area contributed by atoms with Crippen LogP contribution in [0.3, 0.4) is 0 Å². The predicted molar refractivity (Wildman–Crippen MR) is 62.2 cm³/mol. The molecule has 0 heterocycles. The average Bonchev–Trinajstić information content (AvgIpc) is 2.30. The van der Waals surface area contributed by atoms with Crippen LogP contribution in [0, 0.1) is 11.6 Å². The van der Waals surface area contributed by atoms with E-state index in [0.717, 1.165) is 12.1 Å². The maximum absolute atomic E-state index is 13.5. The third kappa shape index (κ3) is 2.34. The van der Waals surface area contributed by atoms with E-state index < -0.39 is 11.6 Å². The summed E-state index contributed by atoms with van der Waals surface area (Å²) in [6, 6.07) is 7.75. The van der Waals surface area contributed by atoms with Gasteiger partial charge in [0.05, 0.1) is 0 Å². The van der Waals surface area contributed by atoms with Crippen LogP contribution >= 0.6 is 11.6 Å². The second-order valence-corrected chi connectivity index (χ2v) is 3.89. The lowest BCUT2D eigenvalue weighted by Gasteiger charge is -2.06. The van der Waals surface area contributed by atoms with Gasteiger partial charge in [-0.15, -0.1) is 0 Å². The molecule has 0 atom stereocenters. The van der Waals surface area contributed by atoms with Crippen LogP contribution in [0.2, 0.25) is 5.02 Å². The molecule has 17 heavy (non-hydrogen) atoms. The zero-order chi connectivity index (χ0) is 12.4. The van der Waals surface area contributed by atoms with Gasteiger partial charge in [0.15, 0.2) is 0 Å². The van der Waals surface area contributed by atoms with Crippen molar-refractivity contribution in [1.82, 2.24) is 0 Å². The molecular weight excluding hydrogens is 246 g/mol. The van der Waals surface area contributed by atoms with Gasteiger partial charge >= 0.3 is 0 Å². The van der Waals surface area contributed by atoms with Crippen LogP contribution in [0.4, 0.5) is 8.78 Å². The number of aldehydes is 1. The summed E-state index contributed by atoms with van der Waals surface area (Å²) in [5.41, 5.74) is 1.03. The topological polar surface area (TPSA) is 17.1 Å². The molecule has 4 heteroatoms. The highest BCUT2D eigenvalue weighted by Gasteiger charge is 2.10. The SMILES string of the molecule is O=Cc1ccc(-c2ccc(F)cc2F)c(Cl)c1. The first-order chi connectivity index (χ1) is 8.11. The number of carbonyl (C=O) groups excluding carboxylic acids is 1. The summed E-state index contributed by atoms with van der Waals surface area (Å²) < 4.78 is 26.3. The smallest absolute Gasteiger partial charge is 0.150 e. The van der Waals surface area contributed by atoms with Gasteiger partial charge in [0.25, 0.3) is 0 Å². The Balaban J connectivity index is 2.56. The molecule has 0 aliphatic heterocycles. The summed E-state index contributed by atoms with van der Waals surface area (Å²) in [5.74, 6) is -1.34. The molecule has 0 saturated heterocycles. The zero-order valence-corrected chi connectivity index (χ0v) is 9.34. The number of hydrogen-bond acceptors (Lipinski definition) is 1. The van der Waals surface area contributed by atoms with E-state index >= 15 is 0 Å². The van der Waals surface area contributed by atoms with E-state index in [1.165, 1.54) is 24.3 Å². The molecule has 0 aliphatic rings. The number of benzene rings is 2. The van der Waals surface area contributed by atoms with Crippen molar-refractivity contribution in [3.05, 3.63) is 58.6 Å². The normalized spacial score (nSPS) is 10.3. The maximum atomic E-state index is 13.5. The molecule has 0 unspecified atom stereocenters. The van der Waals surface area contributed by atoms with E-state index in [0.29, 0.717) is 17.4 Å². The van der Waals surface area contributed by atoms with E-state index in [-0.39, 0.29) is 10.6 Å². The van der Waals surface area contributed by atoms with Gasteiger partial charge in [0, 0.05) is 27.8 Å². The summed E-state index contributed by atoms with van der Waals surface area (Å²) in [4.78, 5) is 10.5. The first kappa shape index (κ1) is 11.7. The molecular formula is C13H7ClF2O. The summed E-state index contributed by atoms with van der Waals surface area (Å²) in [5, 5.41) is 0.250. The molecule has 86 valence electrons. The minimum absolute atomic E-state index is 0.203. The van der Waals surface area contributed by atoms with Crippen LogP contribution < -0.4 is 0 Å². The monoisotopic (exact) mass is 252 g/mol. The van der Waals surface area contributed by atoms with Crippen molar-refractivity contribution in [3.63, 3.8) is 0 Å². The quantitative estimate of drug-likeness (QED) is 0.736. The van der Waals surface area contributed by atoms with Crippen LogP contribution in [0.1, 0.15) is 10.4 Å². The molecule has 0 spiro atoms. The van der Waals surface area contributed by atoms with Gasteiger partial charge in [-0.05, 0) is 18.2 Å². The van der Waals surface area contributed by atoms with Crippen LogP contribution in [0.5, 0.6) is 0 Å². The Bertz CT molecular complexity index is 582. The summed E-state index contributed by atoms with van der Waals surface area (Å²) in [6.07, 6.45) is 0.649. The van der Waals surface area contributed by atoms with Crippen LogP contribution in [0.25, 0.3) is 11.1 Å². The highest BCUT2D eigenvalue weighted by Crippen LogP contribution is 2.30. The predicted octanol–water partition coefficient (Wildman–Crippen LogP) is 4.10. The van der Waals surface area contributed by atoms with E-state index in [1.807, 2.05) is 0 Å². The van der Waals surface area contributed by atoms with Crippen molar-refractivity contribution in [2.45, 2.75) is 0 Å². The van der Waals surface area contributed by atoms with Crippen molar-refractivity contribution < 1.29 is 13.6 Å². The molecule has 0 amide bonds. The molecule has 2 aromatic rings. The molecule has 0 radical (unpaired) electrons. The fourth-order valence-electron chi connectivity index (χ4n) is 1.53. The fraction of sp³-hybridized carbons (Fsp3) is 0. The lowest BCUT2D eigenvalue weighted by molar-refractivity contribution is 0.112. The van der Waals surface area contributed by atoms with Gasteiger partial charge < -0.3 is 0 Å². The zero-order valence-electron chi connectivity index (χ0n) is 8.58. The van der Waals surface area contributed by atoms with Crippen LogP contribution in [-0.2, 0) is 0 Å². The number of carbonyl (C=O) groups is 1. The number of halogens is 3.